The molecule has 0 atom stereocenters. The lowest BCUT2D eigenvalue weighted by atomic mass is 9.97. The number of anilines is 3. The van der Waals surface area contributed by atoms with Crippen LogP contribution in [0.25, 0.3) is 114 Å². The molecule has 3 aromatic heterocycles. The van der Waals surface area contributed by atoms with Gasteiger partial charge in [0.05, 0.1) is 22.4 Å². The van der Waals surface area contributed by atoms with E-state index < -0.39 is 0 Å². The summed E-state index contributed by atoms with van der Waals surface area (Å²) in [6.07, 6.45) is 0. The number of rotatable bonds is 7. The Morgan fingerprint density at radius 3 is 1.68 bits per heavy atom. The largest absolute Gasteiger partial charge is 0.455 e. The minimum Gasteiger partial charge on any atom is -0.455 e. The summed E-state index contributed by atoms with van der Waals surface area (Å²) < 4.78 is 11.5. The molecule has 0 spiro atoms. The first-order chi connectivity index (χ1) is 33.7. The normalized spacial score (nSPS) is 11.8. The van der Waals surface area contributed by atoms with Crippen LogP contribution in [0.1, 0.15) is 0 Å². The molecular weight excluding hydrogens is 845 g/mol. The van der Waals surface area contributed by atoms with E-state index in [4.69, 9.17) is 4.42 Å². The molecule has 3 nitrogen and oxygen atoms in total. The van der Waals surface area contributed by atoms with Crippen molar-refractivity contribution in [2.75, 3.05) is 4.90 Å². The molecule has 0 aliphatic heterocycles. The summed E-state index contributed by atoms with van der Waals surface area (Å²) in [6, 6.07) is 88.2. The molecule has 0 amide bonds. The molecule has 0 aliphatic carbocycles. The molecule has 14 aromatic rings. The fourth-order valence-corrected chi connectivity index (χ4v) is 12.0. The highest BCUT2D eigenvalue weighted by Crippen LogP contribution is 2.50. The molecule has 0 saturated heterocycles. The van der Waals surface area contributed by atoms with Gasteiger partial charge in [-0.1, -0.05) is 182 Å². The standard InChI is InChI=1S/C64H40N2OS/c1-2-17-46-41(15-1)16-13-23-47(46)42-31-35-44(36-32-42)65(45-37-33-43(34-38-45)48-24-14-25-53-52-21-6-11-29-60(52)67-63(48)53)59-40-39-54(64-62(59)55-22-7-12-30-61(55)68-64)51-20-5-10-28-58(51)66-56-26-8-3-18-49(56)50-19-4-9-27-57(50)66/h1-40H. The van der Waals surface area contributed by atoms with Gasteiger partial charge in [0.1, 0.15) is 11.2 Å². The summed E-state index contributed by atoms with van der Waals surface area (Å²) >= 11 is 1.88. The second-order valence-corrected chi connectivity index (χ2v) is 18.6. The molecule has 0 radical (unpaired) electrons. The monoisotopic (exact) mass is 884 g/mol. The Balaban J connectivity index is 0.977. The van der Waals surface area contributed by atoms with E-state index in [1.807, 2.05) is 17.4 Å². The number of nitrogens with zero attached hydrogens (tertiary/aromatic N) is 2. The Morgan fingerprint density at radius 1 is 0.368 bits per heavy atom. The lowest BCUT2D eigenvalue weighted by Gasteiger charge is -2.27. The average molecular weight is 885 g/mol. The number of furan rings is 1. The van der Waals surface area contributed by atoms with Crippen LogP contribution in [0.4, 0.5) is 17.1 Å². The summed E-state index contributed by atoms with van der Waals surface area (Å²) in [4.78, 5) is 2.45. The first kappa shape index (κ1) is 38.6. The van der Waals surface area contributed by atoms with Crippen molar-refractivity contribution < 1.29 is 4.42 Å². The number of benzene rings is 11. The van der Waals surface area contributed by atoms with E-state index in [1.165, 1.54) is 75.0 Å². The van der Waals surface area contributed by atoms with Gasteiger partial charge < -0.3 is 13.9 Å². The third-order valence-corrected chi connectivity index (χ3v) is 15.0. The SMILES string of the molecule is c1ccc(-n2c3ccccc3c3ccccc32)c(-c2ccc(N(c3ccc(-c4cccc5ccccc45)cc3)c3ccc(-c4cccc5c4oc4ccccc45)cc3)c3c2sc2ccccc23)c1. The fraction of sp³-hybridized carbons (Fsp3) is 0. The molecule has 68 heavy (non-hydrogen) atoms. The number of aromatic nitrogens is 1. The van der Waals surface area contributed by atoms with E-state index in [0.29, 0.717) is 0 Å². The molecule has 0 unspecified atom stereocenters. The number of para-hydroxylation sites is 5. The lowest BCUT2D eigenvalue weighted by Crippen LogP contribution is -2.10. The predicted molar refractivity (Wildman–Crippen MR) is 289 cm³/mol. The summed E-state index contributed by atoms with van der Waals surface area (Å²) in [5.41, 5.74) is 15.6. The Bertz CT molecular complexity index is 4210. The van der Waals surface area contributed by atoms with Crippen LogP contribution in [-0.4, -0.2) is 4.57 Å². The van der Waals surface area contributed by atoms with Gasteiger partial charge >= 0.3 is 0 Å². The predicted octanol–water partition coefficient (Wildman–Crippen LogP) is 18.7. The fourth-order valence-electron chi connectivity index (χ4n) is 10.7. The minimum absolute atomic E-state index is 0.901. The van der Waals surface area contributed by atoms with Gasteiger partial charge in [-0.05, 0) is 88.1 Å². The first-order valence-corrected chi connectivity index (χ1v) is 24.0. The van der Waals surface area contributed by atoms with Crippen LogP contribution in [0.3, 0.4) is 0 Å². The van der Waals surface area contributed by atoms with E-state index in [9.17, 15) is 0 Å². The van der Waals surface area contributed by atoms with Crippen molar-refractivity contribution in [3.05, 3.63) is 243 Å². The van der Waals surface area contributed by atoms with Crippen LogP contribution in [-0.2, 0) is 0 Å². The summed E-state index contributed by atoms with van der Waals surface area (Å²) in [7, 11) is 0. The van der Waals surface area contributed by atoms with Crippen LogP contribution in [0, 0.1) is 0 Å². The third-order valence-electron chi connectivity index (χ3n) is 13.8. The van der Waals surface area contributed by atoms with Crippen LogP contribution < -0.4 is 4.90 Å². The summed E-state index contributed by atoms with van der Waals surface area (Å²) in [5.74, 6) is 0. The lowest BCUT2D eigenvalue weighted by molar-refractivity contribution is 0.670. The van der Waals surface area contributed by atoms with E-state index in [0.717, 1.165) is 55.8 Å². The average Bonchev–Trinajstić information content (AvgIpc) is 4.10. The molecule has 4 heteroatoms. The maximum absolute atomic E-state index is 6.52. The highest BCUT2D eigenvalue weighted by atomic mass is 32.1. The maximum Gasteiger partial charge on any atom is 0.143 e. The van der Waals surface area contributed by atoms with Gasteiger partial charge in [0.2, 0.25) is 0 Å². The summed E-state index contributed by atoms with van der Waals surface area (Å²) in [6.45, 7) is 0. The Morgan fingerprint density at radius 2 is 0.912 bits per heavy atom. The van der Waals surface area contributed by atoms with Gasteiger partial charge in [0.15, 0.2) is 0 Å². The molecule has 3 heterocycles. The van der Waals surface area contributed by atoms with Crippen molar-refractivity contribution in [3.8, 4) is 39.1 Å². The van der Waals surface area contributed by atoms with Gasteiger partial charge in [-0.2, -0.15) is 0 Å². The molecule has 0 saturated carbocycles. The summed E-state index contributed by atoms with van der Waals surface area (Å²) in [5, 5.41) is 9.72. The smallest absolute Gasteiger partial charge is 0.143 e. The zero-order valence-electron chi connectivity index (χ0n) is 36.8. The molecule has 11 aromatic carbocycles. The van der Waals surface area contributed by atoms with Crippen molar-refractivity contribution >= 4 is 103 Å². The maximum atomic E-state index is 6.52. The quantitative estimate of drug-likeness (QED) is 0.159. The molecule has 318 valence electrons. The Hall–Kier alpha value is -8.70. The second kappa shape index (κ2) is 15.5. The second-order valence-electron chi connectivity index (χ2n) is 17.6. The highest BCUT2D eigenvalue weighted by molar-refractivity contribution is 7.26. The van der Waals surface area contributed by atoms with Gasteiger partial charge in [-0.15, -0.1) is 11.3 Å². The molecule has 0 bridgehead atoms. The van der Waals surface area contributed by atoms with Crippen molar-refractivity contribution in [2.45, 2.75) is 0 Å². The van der Waals surface area contributed by atoms with Gasteiger partial charge in [-0.3, -0.25) is 0 Å². The van der Waals surface area contributed by atoms with Gasteiger partial charge in [-0.25, -0.2) is 0 Å². The van der Waals surface area contributed by atoms with E-state index in [-0.39, 0.29) is 0 Å². The number of fused-ring (bicyclic) bond motifs is 10. The van der Waals surface area contributed by atoms with E-state index >= 15 is 0 Å². The first-order valence-electron chi connectivity index (χ1n) is 23.2. The molecule has 0 aliphatic rings. The van der Waals surface area contributed by atoms with Crippen LogP contribution in [0.2, 0.25) is 0 Å². The van der Waals surface area contributed by atoms with Crippen LogP contribution in [0.5, 0.6) is 0 Å². The van der Waals surface area contributed by atoms with Crippen LogP contribution in [0.15, 0.2) is 247 Å². The molecule has 0 N–H and O–H groups in total. The number of hydrogen-bond donors (Lipinski definition) is 0. The van der Waals surface area contributed by atoms with Crippen molar-refractivity contribution in [2.24, 2.45) is 0 Å². The van der Waals surface area contributed by atoms with Gasteiger partial charge in [0.25, 0.3) is 0 Å². The highest BCUT2D eigenvalue weighted by Gasteiger charge is 2.24. The van der Waals surface area contributed by atoms with Crippen molar-refractivity contribution in [1.29, 1.82) is 0 Å². The molecule has 0 fully saturated rings. The van der Waals surface area contributed by atoms with E-state index in [2.05, 4.69) is 246 Å². The zero-order chi connectivity index (χ0) is 44.7. The number of thiophene rings is 1. The minimum atomic E-state index is 0.901. The van der Waals surface area contributed by atoms with Crippen molar-refractivity contribution in [3.63, 3.8) is 0 Å². The number of hydrogen-bond acceptors (Lipinski definition) is 3. The Labute approximate surface area is 396 Å². The third kappa shape index (κ3) is 5.98. The van der Waals surface area contributed by atoms with Gasteiger partial charge in [0, 0.05) is 69.8 Å². The topological polar surface area (TPSA) is 21.3 Å². The molecular formula is C64H40N2OS. The Kier molecular flexibility index (Phi) is 8.76. The molecule has 14 rings (SSSR count). The zero-order valence-corrected chi connectivity index (χ0v) is 37.6. The van der Waals surface area contributed by atoms with Crippen LogP contribution >= 0.6 is 11.3 Å². The van der Waals surface area contributed by atoms with E-state index in [1.54, 1.807) is 0 Å². The van der Waals surface area contributed by atoms with Crippen molar-refractivity contribution in [1.82, 2.24) is 4.57 Å².